The summed E-state index contributed by atoms with van der Waals surface area (Å²) < 4.78 is 0.844. The number of primary amides is 2. The highest BCUT2D eigenvalue weighted by Gasteiger charge is 2.02. The molecule has 2 amide bonds. The van der Waals surface area contributed by atoms with Crippen molar-refractivity contribution in [2.75, 3.05) is 34.3 Å². The predicted octanol–water partition coefficient (Wildman–Crippen LogP) is -4.29. The van der Waals surface area contributed by atoms with Crippen LogP contribution in [-0.4, -0.2) is 49.9 Å². The van der Waals surface area contributed by atoms with Gasteiger partial charge >= 0.3 is 6.03 Å². The lowest BCUT2D eigenvalue weighted by atomic mass is 10.5. The summed E-state index contributed by atoms with van der Waals surface area (Å²) in [5, 5.41) is 8.39. The van der Waals surface area contributed by atoms with E-state index in [0.717, 1.165) is 11.0 Å². The molecule has 0 atom stereocenters. The lowest BCUT2D eigenvalue weighted by Crippen LogP contribution is -3.00. The number of aliphatic hydroxyl groups is 1. The molecule has 76 valence electrons. The number of carbonyl (C=O) groups excluding carboxylic acids is 1. The van der Waals surface area contributed by atoms with E-state index in [2.05, 4.69) is 32.6 Å². The van der Waals surface area contributed by atoms with Gasteiger partial charge in [0.25, 0.3) is 0 Å². The third-order valence-electron chi connectivity index (χ3n) is 0.771. The van der Waals surface area contributed by atoms with E-state index in [-0.39, 0.29) is 19.0 Å². The molecule has 0 rings (SSSR count). The maximum absolute atomic E-state index is 9.00. The number of likely N-dealkylation sites (N-methyl/N-ethyl adjacent to an activating group) is 1. The lowest BCUT2D eigenvalue weighted by Gasteiger charge is -2.21. The van der Waals surface area contributed by atoms with Crippen LogP contribution < -0.4 is 23.9 Å². The molecule has 0 saturated heterocycles. The third-order valence-corrected chi connectivity index (χ3v) is 0.771. The fourth-order valence-electron chi connectivity index (χ4n) is 0.300. The second-order valence-electron chi connectivity index (χ2n) is 3.14. The number of quaternary nitrogens is 1. The number of hydrogen-bond donors (Lipinski definition) is 3. The largest absolute Gasteiger partial charge is 1.00 e. The van der Waals surface area contributed by atoms with Crippen molar-refractivity contribution >= 4 is 6.03 Å². The summed E-state index contributed by atoms with van der Waals surface area (Å²) in [6.07, 6.45) is 0. The van der Waals surface area contributed by atoms with Crippen LogP contribution >= 0.6 is 0 Å². The Morgan fingerprint density at radius 2 is 1.58 bits per heavy atom. The van der Waals surface area contributed by atoms with Crippen molar-refractivity contribution in [3.05, 3.63) is 0 Å². The highest BCUT2D eigenvalue weighted by molar-refractivity contribution is 5.69. The summed E-state index contributed by atoms with van der Waals surface area (Å²) in [4.78, 5) is 9.00. The van der Waals surface area contributed by atoms with Gasteiger partial charge in [0.15, 0.2) is 0 Å². The molecule has 0 aromatic carbocycles. The molecule has 5 N–H and O–H groups in total. The second-order valence-corrected chi connectivity index (χ2v) is 3.14. The van der Waals surface area contributed by atoms with Crippen LogP contribution in [0.25, 0.3) is 0 Å². The van der Waals surface area contributed by atoms with Crippen molar-refractivity contribution in [1.29, 1.82) is 0 Å². The van der Waals surface area contributed by atoms with E-state index in [1.54, 1.807) is 0 Å². The maximum Gasteiger partial charge on any atom is 0.309 e. The first-order valence-corrected chi connectivity index (χ1v) is 3.26. The Hall–Kier alpha value is -0.520. The number of rotatable bonds is 2. The Bertz CT molecular complexity index is 110. The number of nitrogens with zero attached hydrogens (tertiary/aromatic N) is 1. The second kappa shape index (κ2) is 8.58. The van der Waals surface area contributed by atoms with Crippen molar-refractivity contribution in [2.45, 2.75) is 0 Å². The van der Waals surface area contributed by atoms with Crippen LogP contribution in [0.1, 0.15) is 0 Å². The summed E-state index contributed by atoms with van der Waals surface area (Å²) >= 11 is 0. The van der Waals surface area contributed by atoms with Gasteiger partial charge in [-0.15, -0.1) is 0 Å². The Morgan fingerprint density at radius 3 is 1.58 bits per heavy atom. The number of amides is 2. The quantitative estimate of drug-likeness (QED) is 0.393. The highest BCUT2D eigenvalue weighted by atomic mass is 35.5. The van der Waals surface area contributed by atoms with Gasteiger partial charge in [-0.05, 0) is 0 Å². The monoisotopic (exact) mass is 199 g/mol. The Balaban J connectivity index is -0.000000142. The maximum atomic E-state index is 9.00. The van der Waals surface area contributed by atoms with Crippen LogP contribution in [0.2, 0.25) is 0 Å². The number of nitrogens with two attached hydrogens (primary N) is 2. The molecule has 0 aliphatic rings. The minimum absolute atomic E-state index is 0. The molecule has 0 radical (unpaired) electrons. The third kappa shape index (κ3) is 56.3. The molecule has 0 aromatic rings. The molecule has 0 aliphatic carbocycles. The smallest absolute Gasteiger partial charge is 0.309 e. The molecule has 5 nitrogen and oxygen atoms in total. The van der Waals surface area contributed by atoms with Crippen LogP contribution in [0.4, 0.5) is 4.79 Å². The molecule has 6 heteroatoms. The van der Waals surface area contributed by atoms with Crippen LogP contribution in [0.3, 0.4) is 0 Å². The van der Waals surface area contributed by atoms with Crippen LogP contribution in [0, 0.1) is 0 Å². The molecular weight excluding hydrogens is 182 g/mol. The Kier molecular flexibility index (Phi) is 12.5. The zero-order chi connectivity index (χ0) is 9.49. The van der Waals surface area contributed by atoms with Gasteiger partial charge in [0, 0.05) is 0 Å². The van der Waals surface area contributed by atoms with Crippen LogP contribution in [0.5, 0.6) is 0 Å². The average molecular weight is 200 g/mol. The molecule has 0 heterocycles. The van der Waals surface area contributed by atoms with Crippen molar-refractivity contribution in [2.24, 2.45) is 11.5 Å². The fourth-order valence-corrected chi connectivity index (χ4v) is 0.300. The van der Waals surface area contributed by atoms with E-state index in [1.165, 1.54) is 0 Å². The fraction of sp³-hybridized carbons (Fsp3) is 0.833. The van der Waals surface area contributed by atoms with Crippen molar-refractivity contribution in [3.8, 4) is 0 Å². The Morgan fingerprint density at radius 1 is 1.33 bits per heavy atom. The van der Waals surface area contributed by atoms with E-state index in [1.807, 2.05) is 0 Å². The first kappa shape index (κ1) is 17.5. The SMILES string of the molecule is C[N+](C)(C)CCO.NC(N)=O.[Cl-]. The lowest BCUT2D eigenvalue weighted by molar-refractivity contribution is -0.870. The zero-order valence-electron chi connectivity index (χ0n) is 7.75. The minimum Gasteiger partial charge on any atom is -1.00 e. The van der Waals surface area contributed by atoms with E-state index >= 15 is 0 Å². The summed E-state index contributed by atoms with van der Waals surface area (Å²) in [6, 6.07) is -0.833. The van der Waals surface area contributed by atoms with E-state index < -0.39 is 6.03 Å². The standard InChI is InChI=1S/C5H14NO.CH4N2O.ClH/c1-6(2,3)4-5-7;2-1(3)4;/h7H,4-5H2,1-3H3;(H4,2,3,4);1H/q+1;;/p-1. The molecule has 0 fully saturated rings. The van der Waals surface area contributed by atoms with Gasteiger partial charge in [0.05, 0.1) is 27.7 Å². The van der Waals surface area contributed by atoms with Gasteiger partial charge < -0.3 is 33.5 Å². The number of carbonyl (C=O) groups is 1. The predicted molar refractivity (Wildman–Crippen MR) is 43.8 cm³/mol. The van der Waals surface area contributed by atoms with Crippen LogP contribution in [0.15, 0.2) is 0 Å². The number of halogens is 1. The molecule has 0 aromatic heterocycles. The van der Waals surface area contributed by atoms with Gasteiger partial charge in [-0.3, -0.25) is 0 Å². The molecular formula is C6H18ClN3O2. The van der Waals surface area contributed by atoms with Crippen LogP contribution in [-0.2, 0) is 0 Å². The first-order valence-electron chi connectivity index (χ1n) is 3.26. The molecule has 12 heavy (non-hydrogen) atoms. The summed E-state index contributed by atoms with van der Waals surface area (Å²) in [7, 11) is 6.16. The van der Waals surface area contributed by atoms with Crippen molar-refractivity contribution in [3.63, 3.8) is 0 Å². The van der Waals surface area contributed by atoms with E-state index in [0.29, 0.717) is 0 Å². The summed E-state index contributed by atoms with van der Waals surface area (Å²) in [5.41, 5.74) is 8.50. The van der Waals surface area contributed by atoms with Gasteiger partial charge in [0.2, 0.25) is 0 Å². The summed E-state index contributed by atoms with van der Waals surface area (Å²) in [6.45, 7) is 1.11. The highest BCUT2D eigenvalue weighted by Crippen LogP contribution is 1.84. The Labute approximate surface area is 79.3 Å². The zero-order valence-corrected chi connectivity index (χ0v) is 8.51. The van der Waals surface area contributed by atoms with E-state index in [4.69, 9.17) is 9.90 Å². The van der Waals surface area contributed by atoms with E-state index in [9.17, 15) is 0 Å². The molecule has 0 aliphatic heterocycles. The van der Waals surface area contributed by atoms with Crippen molar-refractivity contribution in [1.82, 2.24) is 0 Å². The number of hydrogen-bond acceptors (Lipinski definition) is 2. The average Bonchev–Trinajstić information content (AvgIpc) is 1.58. The summed E-state index contributed by atoms with van der Waals surface area (Å²) in [5.74, 6) is 0. The van der Waals surface area contributed by atoms with Crippen molar-refractivity contribution < 1.29 is 26.8 Å². The molecule has 0 saturated carbocycles. The molecule has 0 spiro atoms. The number of urea groups is 1. The first-order chi connectivity index (χ1) is 4.79. The normalized spacial score (nSPS) is 9.00. The molecule has 0 bridgehead atoms. The topological polar surface area (TPSA) is 89.3 Å². The van der Waals surface area contributed by atoms with Gasteiger partial charge in [0.1, 0.15) is 6.54 Å². The number of aliphatic hydroxyl groups excluding tert-OH is 1. The van der Waals surface area contributed by atoms with Gasteiger partial charge in [-0.2, -0.15) is 0 Å². The van der Waals surface area contributed by atoms with Gasteiger partial charge in [-0.25, -0.2) is 4.79 Å². The van der Waals surface area contributed by atoms with Gasteiger partial charge in [-0.1, -0.05) is 0 Å². The minimum atomic E-state index is -0.833. The molecule has 0 unspecified atom stereocenters.